The minimum absolute atomic E-state index is 0.0349. The summed E-state index contributed by atoms with van der Waals surface area (Å²) in [6.07, 6.45) is -2.11. The number of ether oxygens (including phenoxy) is 3. The van der Waals surface area contributed by atoms with Crippen molar-refractivity contribution in [1.82, 2.24) is 10.4 Å². The molecule has 56 heavy (non-hydrogen) atoms. The minimum Gasteiger partial charge on any atom is -0.508 e. The molecular formula is C40H39N3O13. The van der Waals surface area contributed by atoms with E-state index in [1.54, 1.807) is 18.3 Å². The number of nitrogens with zero attached hydrogens (tertiary/aromatic N) is 2. The van der Waals surface area contributed by atoms with Gasteiger partial charge in [-0.25, -0.2) is 14.7 Å². The number of aromatic hydroxyl groups is 1. The van der Waals surface area contributed by atoms with Crippen molar-refractivity contribution in [2.75, 3.05) is 26.8 Å². The van der Waals surface area contributed by atoms with Crippen LogP contribution >= 0.6 is 0 Å². The smallest absolute Gasteiger partial charge is 0.334 e. The average molecular weight is 770 g/mol. The van der Waals surface area contributed by atoms with Gasteiger partial charge in [-0.1, -0.05) is 29.3 Å². The molecule has 0 spiro atoms. The third-order valence-corrected chi connectivity index (χ3v) is 9.81. The van der Waals surface area contributed by atoms with Gasteiger partial charge in [0.15, 0.2) is 17.1 Å². The highest BCUT2D eigenvalue weighted by atomic mass is 16.8. The standard InChI is InChI=1S/C40H39N3O13/c1-20-12-21(2)14-24(13-20)33-31-23(10-11-42-31)16-43(33)56-36-39(55-30(35(47)40(36,51)19-44)18-53-38(50)32(41-3)37(48)49)54-26-8-9-27-29(15-26)52-17-28(34(27)46)22-4-6-25(45)7-5-22/h4-15,17,30,32,35-36,39,41,44-45,47,51H,16,18-19H2,1-3H3,(H,48,49). The van der Waals surface area contributed by atoms with Gasteiger partial charge in [0.2, 0.25) is 12.3 Å². The Balaban J connectivity index is 1.24. The molecule has 6 atom stereocenters. The van der Waals surface area contributed by atoms with E-state index in [1.165, 1.54) is 48.7 Å². The number of hydrogen-bond donors (Lipinski definition) is 6. The lowest BCUT2D eigenvalue weighted by Gasteiger charge is -2.49. The number of hydroxylamine groups is 2. The number of nitrogens with one attached hydrogen (secondary N) is 1. The zero-order chi connectivity index (χ0) is 39.9. The van der Waals surface area contributed by atoms with Crippen LogP contribution in [0.25, 0.3) is 27.8 Å². The first-order chi connectivity index (χ1) is 26.8. The van der Waals surface area contributed by atoms with E-state index in [1.807, 2.05) is 38.1 Å². The van der Waals surface area contributed by atoms with Gasteiger partial charge < -0.3 is 44.2 Å². The van der Waals surface area contributed by atoms with Gasteiger partial charge in [-0.3, -0.25) is 19.9 Å². The number of benzene rings is 3. The fraction of sp³-hybridized carbons (Fsp3) is 0.300. The van der Waals surface area contributed by atoms with Crippen LogP contribution < -0.4 is 15.5 Å². The van der Waals surface area contributed by atoms with E-state index < -0.39 is 61.4 Å². The number of rotatable bonds is 12. The van der Waals surface area contributed by atoms with Crippen LogP contribution in [0.1, 0.15) is 16.7 Å². The molecule has 3 aromatic carbocycles. The highest BCUT2D eigenvalue weighted by molar-refractivity contribution is 5.98. The zero-order valence-corrected chi connectivity index (χ0v) is 30.4. The number of carboxylic acid groups (broad SMARTS) is 1. The van der Waals surface area contributed by atoms with Crippen LogP contribution in [0, 0.1) is 13.8 Å². The molecule has 7 rings (SSSR count). The molecule has 6 N–H and O–H groups in total. The second kappa shape index (κ2) is 15.3. The number of aliphatic hydroxyl groups is 3. The van der Waals surface area contributed by atoms with Crippen molar-refractivity contribution in [1.29, 1.82) is 0 Å². The van der Waals surface area contributed by atoms with Crippen molar-refractivity contribution in [2.45, 2.75) is 50.1 Å². The topological polar surface area (TPSA) is 230 Å². The first-order valence-electron chi connectivity index (χ1n) is 17.6. The summed E-state index contributed by atoms with van der Waals surface area (Å²) in [5, 5.41) is 57.4. The molecule has 16 heteroatoms. The summed E-state index contributed by atoms with van der Waals surface area (Å²) in [4.78, 5) is 48.7. The van der Waals surface area contributed by atoms with E-state index in [4.69, 9.17) is 23.5 Å². The quantitative estimate of drug-likeness (QED) is 0.0896. The maximum absolute atomic E-state index is 13.5. The predicted molar refractivity (Wildman–Crippen MR) is 199 cm³/mol. The van der Waals surface area contributed by atoms with Gasteiger partial charge in [0.1, 0.15) is 42.2 Å². The van der Waals surface area contributed by atoms with E-state index in [0.29, 0.717) is 17.0 Å². The summed E-state index contributed by atoms with van der Waals surface area (Å²) in [6.45, 7) is 2.20. The third kappa shape index (κ3) is 7.16. The number of aliphatic carboxylic acids is 1. The summed E-state index contributed by atoms with van der Waals surface area (Å²) < 4.78 is 23.4. The summed E-state index contributed by atoms with van der Waals surface area (Å²) in [6, 6.07) is 14.5. The number of carbonyl (C=O) groups is 2. The molecular weight excluding hydrogens is 730 g/mol. The molecule has 1 aromatic heterocycles. The summed E-state index contributed by atoms with van der Waals surface area (Å²) in [5.41, 5.74) is 2.66. The Morgan fingerprint density at radius 2 is 1.80 bits per heavy atom. The maximum Gasteiger partial charge on any atom is 0.334 e. The van der Waals surface area contributed by atoms with Crippen LogP contribution in [0.2, 0.25) is 0 Å². The lowest BCUT2D eigenvalue weighted by atomic mass is 9.84. The Morgan fingerprint density at radius 1 is 1.07 bits per heavy atom. The number of carboxylic acids is 1. The molecule has 4 heterocycles. The molecule has 0 bridgehead atoms. The number of hydrogen-bond acceptors (Lipinski definition) is 15. The van der Waals surface area contributed by atoms with Crippen molar-refractivity contribution in [3.63, 3.8) is 0 Å². The van der Waals surface area contributed by atoms with E-state index >= 15 is 0 Å². The average Bonchev–Trinajstić information content (AvgIpc) is 3.75. The maximum atomic E-state index is 13.5. The number of allylic oxidation sites excluding steroid dienone is 1. The summed E-state index contributed by atoms with van der Waals surface area (Å²) >= 11 is 0. The number of fused-ring (bicyclic) bond motifs is 2. The first kappa shape index (κ1) is 38.4. The number of phenols is 1. The molecule has 0 saturated carbocycles. The number of phenolic OH excluding ortho intramolecular Hbond substituents is 1. The molecule has 3 aliphatic rings. The Bertz CT molecular complexity index is 2320. The van der Waals surface area contributed by atoms with Gasteiger partial charge in [0.05, 0.1) is 35.5 Å². The van der Waals surface area contributed by atoms with Crippen LogP contribution in [0.15, 0.2) is 98.5 Å². The summed E-state index contributed by atoms with van der Waals surface area (Å²) in [5.74, 6) is -2.61. The second-order valence-electron chi connectivity index (χ2n) is 13.7. The molecule has 3 aliphatic heterocycles. The Kier molecular flexibility index (Phi) is 10.5. The number of aliphatic hydroxyl groups excluding tert-OH is 2. The van der Waals surface area contributed by atoms with E-state index in [0.717, 1.165) is 22.3 Å². The SMILES string of the molecule is CNC(C(=O)O)C(=O)OCC1OC(Oc2ccc3c(=O)c(-c4ccc(O)cc4)coc3c2)C(ON2CC3=CC=NC3=C2c2cc(C)cc(C)c2)C(O)(CO)C1O. The largest absolute Gasteiger partial charge is 0.508 e. The van der Waals surface area contributed by atoms with Crippen LogP contribution in [0.4, 0.5) is 0 Å². The molecule has 16 nitrogen and oxygen atoms in total. The number of esters is 1. The number of aliphatic imine (C=N–C) groups is 1. The first-order valence-corrected chi connectivity index (χ1v) is 17.6. The fourth-order valence-corrected chi connectivity index (χ4v) is 7.01. The molecule has 0 aliphatic carbocycles. The van der Waals surface area contributed by atoms with Crippen molar-refractivity contribution in [2.24, 2.45) is 4.99 Å². The predicted octanol–water partition coefficient (Wildman–Crippen LogP) is 2.18. The monoisotopic (exact) mass is 769 g/mol. The number of carbonyl (C=O) groups excluding carboxylic acids is 1. The minimum atomic E-state index is -2.54. The second-order valence-corrected chi connectivity index (χ2v) is 13.7. The molecule has 6 unspecified atom stereocenters. The van der Waals surface area contributed by atoms with Crippen molar-refractivity contribution in [3.8, 4) is 22.6 Å². The molecule has 1 fully saturated rings. The van der Waals surface area contributed by atoms with Gasteiger partial charge in [-0.2, -0.15) is 0 Å². The van der Waals surface area contributed by atoms with Crippen LogP contribution in [0.5, 0.6) is 11.5 Å². The van der Waals surface area contributed by atoms with Crippen molar-refractivity contribution < 1.29 is 58.6 Å². The number of aryl methyl sites for hydroxylation is 2. The lowest BCUT2D eigenvalue weighted by molar-refractivity contribution is -0.359. The Labute approximate surface area is 319 Å². The zero-order valence-electron chi connectivity index (χ0n) is 30.4. The van der Waals surface area contributed by atoms with Crippen LogP contribution in [-0.4, -0.2) is 112 Å². The van der Waals surface area contributed by atoms with E-state index in [9.17, 15) is 39.9 Å². The fourth-order valence-electron chi connectivity index (χ4n) is 7.01. The normalized spacial score (nSPS) is 23.6. The van der Waals surface area contributed by atoms with Gasteiger partial charge >= 0.3 is 11.9 Å². The van der Waals surface area contributed by atoms with E-state index in [-0.39, 0.29) is 40.0 Å². The highest BCUT2D eigenvalue weighted by Crippen LogP contribution is 2.42. The van der Waals surface area contributed by atoms with Crippen LogP contribution in [-0.2, 0) is 23.9 Å². The lowest BCUT2D eigenvalue weighted by Crippen LogP contribution is -2.71. The molecule has 292 valence electrons. The molecule has 0 radical (unpaired) electrons. The van der Waals surface area contributed by atoms with Gasteiger partial charge in [0, 0.05) is 23.4 Å². The molecule has 4 aromatic rings. The van der Waals surface area contributed by atoms with Crippen molar-refractivity contribution in [3.05, 3.63) is 111 Å². The van der Waals surface area contributed by atoms with Gasteiger partial charge in [0.25, 0.3) is 0 Å². The summed E-state index contributed by atoms with van der Waals surface area (Å²) in [7, 11) is 1.25. The van der Waals surface area contributed by atoms with Gasteiger partial charge in [-0.05, 0) is 68.9 Å². The number of likely N-dealkylation sites (N-methyl/N-ethyl adjacent to an activating group) is 1. The Hall–Kier alpha value is -5.88. The third-order valence-electron chi connectivity index (χ3n) is 9.81. The molecule has 0 amide bonds. The highest BCUT2D eigenvalue weighted by Gasteiger charge is 2.59. The Morgan fingerprint density at radius 3 is 2.48 bits per heavy atom. The van der Waals surface area contributed by atoms with Gasteiger partial charge in [-0.15, -0.1) is 0 Å². The van der Waals surface area contributed by atoms with Crippen LogP contribution in [0.3, 0.4) is 0 Å². The van der Waals surface area contributed by atoms with E-state index in [2.05, 4.69) is 10.3 Å². The van der Waals surface area contributed by atoms with Crippen molar-refractivity contribution >= 4 is 34.8 Å². The molecule has 1 saturated heterocycles.